The van der Waals surface area contributed by atoms with Gasteiger partial charge in [-0.3, -0.25) is 9.59 Å². The molecule has 3 unspecified atom stereocenters. The number of carbonyl (C=O) groups is 2. The molecule has 0 saturated carbocycles. The largest absolute Gasteiger partial charge is 0.457 e. The summed E-state index contributed by atoms with van der Waals surface area (Å²) in [5.41, 5.74) is 3.43. The van der Waals surface area contributed by atoms with Crippen LogP contribution >= 0.6 is 0 Å². The molecule has 2 aliphatic rings. The Bertz CT molecular complexity index is 999. The molecule has 2 heterocycles. The number of halogens is 3. The summed E-state index contributed by atoms with van der Waals surface area (Å²) in [6.07, 6.45) is -4.88. The quantitative estimate of drug-likeness (QED) is 0.695. The Labute approximate surface area is 178 Å². The lowest BCUT2D eigenvalue weighted by atomic mass is 9.82. The maximum atomic E-state index is 13.1. The second kappa shape index (κ2) is 7.59. The van der Waals surface area contributed by atoms with Gasteiger partial charge in [-0.05, 0) is 49.4 Å². The summed E-state index contributed by atoms with van der Waals surface area (Å²) >= 11 is 0. The third-order valence-electron chi connectivity index (χ3n) is 5.92. The highest BCUT2D eigenvalue weighted by Crippen LogP contribution is 2.44. The normalized spacial score (nSPS) is 23.3. The first kappa shape index (κ1) is 21.2. The van der Waals surface area contributed by atoms with Crippen molar-refractivity contribution in [3.8, 4) is 11.5 Å². The number of rotatable bonds is 2. The molecular formula is C23H23F3N2O3. The first-order valence-corrected chi connectivity index (χ1v) is 10.1. The van der Waals surface area contributed by atoms with E-state index in [0.717, 1.165) is 22.3 Å². The lowest BCUT2D eigenvalue weighted by molar-refractivity contribution is -0.175. The molecule has 3 atom stereocenters. The predicted molar refractivity (Wildman–Crippen MR) is 108 cm³/mol. The van der Waals surface area contributed by atoms with Gasteiger partial charge in [0.2, 0.25) is 11.8 Å². The van der Waals surface area contributed by atoms with Crippen LogP contribution < -0.4 is 15.4 Å². The molecule has 31 heavy (non-hydrogen) atoms. The molecule has 0 aliphatic carbocycles. The van der Waals surface area contributed by atoms with E-state index in [0.29, 0.717) is 11.5 Å². The van der Waals surface area contributed by atoms with Gasteiger partial charge >= 0.3 is 6.18 Å². The van der Waals surface area contributed by atoms with Crippen LogP contribution in [0, 0.1) is 25.7 Å². The van der Waals surface area contributed by atoms with E-state index in [4.69, 9.17) is 4.74 Å². The fraction of sp³-hybridized carbons (Fsp3) is 0.391. The summed E-state index contributed by atoms with van der Waals surface area (Å²) in [5.74, 6) is -2.27. The molecule has 5 nitrogen and oxygen atoms in total. The molecule has 0 aromatic heterocycles. The van der Waals surface area contributed by atoms with Crippen molar-refractivity contribution in [1.29, 1.82) is 0 Å². The third-order valence-corrected chi connectivity index (χ3v) is 5.92. The maximum absolute atomic E-state index is 13.1. The second-order valence-electron chi connectivity index (χ2n) is 8.42. The van der Waals surface area contributed by atoms with Gasteiger partial charge in [0.05, 0.1) is 6.04 Å². The highest BCUT2D eigenvalue weighted by molar-refractivity contribution is 6.01. The minimum absolute atomic E-state index is 0.341. The summed E-state index contributed by atoms with van der Waals surface area (Å²) in [6, 6.07) is 8.70. The van der Waals surface area contributed by atoms with Gasteiger partial charge < -0.3 is 15.4 Å². The standard InChI is InChI=1S/C23H23F3N2O3/c1-11-4-6-14-16(8-11)31-17-9-12(2)5-7-15(17)20(14)28-22(30)19-13(3)10-18(23(24,25)26)27-21(19)29/h4-9,13,18-20H,10H2,1-3H3,(H,27,29)(H,28,30). The molecule has 8 heteroatoms. The summed E-state index contributed by atoms with van der Waals surface area (Å²) in [7, 11) is 0. The second-order valence-corrected chi connectivity index (χ2v) is 8.42. The zero-order chi connectivity index (χ0) is 22.5. The van der Waals surface area contributed by atoms with E-state index in [1.165, 1.54) is 6.92 Å². The van der Waals surface area contributed by atoms with Crippen molar-refractivity contribution in [3.63, 3.8) is 0 Å². The number of aryl methyl sites for hydroxylation is 2. The van der Waals surface area contributed by atoms with E-state index >= 15 is 0 Å². The van der Waals surface area contributed by atoms with Crippen LogP contribution in [-0.4, -0.2) is 24.0 Å². The van der Waals surface area contributed by atoms with Crippen LogP contribution in [0.15, 0.2) is 36.4 Å². The minimum atomic E-state index is -4.54. The van der Waals surface area contributed by atoms with Crippen molar-refractivity contribution >= 4 is 11.8 Å². The fourth-order valence-corrected chi connectivity index (χ4v) is 4.29. The topological polar surface area (TPSA) is 67.4 Å². The lowest BCUT2D eigenvalue weighted by Gasteiger charge is -2.36. The molecule has 0 spiro atoms. The highest BCUT2D eigenvalue weighted by Gasteiger charge is 2.49. The molecule has 2 N–H and O–H groups in total. The molecular weight excluding hydrogens is 409 g/mol. The van der Waals surface area contributed by atoms with E-state index in [1.54, 1.807) is 0 Å². The smallest absolute Gasteiger partial charge is 0.408 e. The zero-order valence-corrected chi connectivity index (χ0v) is 17.3. The predicted octanol–water partition coefficient (Wildman–Crippen LogP) is 4.32. The highest BCUT2D eigenvalue weighted by atomic mass is 19.4. The molecule has 2 amide bonds. The van der Waals surface area contributed by atoms with Crippen LogP contribution in [0.3, 0.4) is 0 Å². The van der Waals surface area contributed by atoms with Crippen LogP contribution in [0.5, 0.6) is 11.5 Å². The number of hydrogen-bond acceptors (Lipinski definition) is 3. The summed E-state index contributed by atoms with van der Waals surface area (Å²) in [5, 5.41) is 4.85. The first-order valence-electron chi connectivity index (χ1n) is 10.1. The van der Waals surface area contributed by atoms with Crippen LogP contribution in [0.25, 0.3) is 0 Å². The van der Waals surface area contributed by atoms with Crippen LogP contribution in [0.2, 0.25) is 0 Å². The van der Waals surface area contributed by atoms with E-state index in [-0.39, 0.29) is 6.42 Å². The van der Waals surface area contributed by atoms with Crippen LogP contribution in [-0.2, 0) is 9.59 Å². The van der Waals surface area contributed by atoms with Gasteiger partial charge in [0.25, 0.3) is 0 Å². The average Bonchev–Trinajstić information content (AvgIpc) is 2.66. The van der Waals surface area contributed by atoms with Crippen molar-refractivity contribution in [3.05, 3.63) is 58.7 Å². The first-order chi connectivity index (χ1) is 14.5. The van der Waals surface area contributed by atoms with E-state index in [2.05, 4.69) is 5.32 Å². The van der Waals surface area contributed by atoms with Crippen molar-refractivity contribution in [2.24, 2.45) is 11.8 Å². The van der Waals surface area contributed by atoms with Gasteiger partial charge in [-0.15, -0.1) is 0 Å². The molecule has 0 radical (unpaired) electrons. The van der Waals surface area contributed by atoms with Crippen molar-refractivity contribution < 1.29 is 27.5 Å². The Hall–Kier alpha value is -3.03. The van der Waals surface area contributed by atoms with Crippen LogP contribution in [0.1, 0.15) is 41.6 Å². The molecule has 2 aromatic rings. The van der Waals surface area contributed by atoms with Gasteiger partial charge in [-0.1, -0.05) is 31.2 Å². The van der Waals surface area contributed by atoms with E-state index in [1.807, 2.05) is 55.6 Å². The number of piperidine rings is 1. The Kier molecular flexibility index (Phi) is 5.19. The summed E-state index contributed by atoms with van der Waals surface area (Å²) in [6.45, 7) is 5.35. The molecule has 2 aliphatic heterocycles. The molecule has 2 aromatic carbocycles. The van der Waals surface area contributed by atoms with Gasteiger partial charge in [-0.25, -0.2) is 0 Å². The number of carbonyl (C=O) groups excluding carboxylic acids is 2. The van der Waals surface area contributed by atoms with Crippen molar-refractivity contribution in [1.82, 2.24) is 10.6 Å². The Morgan fingerprint density at radius 1 is 1.06 bits per heavy atom. The van der Waals surface area contributed by atoms with Gasteiger partial charge in [0.15, 0.2) is 0 Å². The lowest BCUT2D eigenvalue weighted by Crippen LogP contribution is -2.57. The van der Waals surface area contributed by atoms with Crippen molar-refractivity contribution in [2.75, 3.05) is 0 Å². The van der Waals surface area contributed by atoms with Gasteiger partial charge in [0.1, 0.15) is 23.5 Å². The maximum Gasteiger partial charge on any atom is 0.408 e. The Balaban J connectivity index is 1.64. The zero-order valence-electron chi connectivity index (χ0n) is 17.3. The number of fused-ring (bicyclic) bond motifs is 2. The van der Waals surface area contributed by atoms with Gasteiger partial charge in [0, 0.05) is 11.1 Å². The number of ether oxygens (including phenoxy) is 1. The average molecular weight is 432 g/mol. The summed E-state index contributed by atoms with van der Waals surface area (Å²) in [4.78, 5) is 25.5. The molecule has 164 valence electrons. The molecule has 1 saturated heterocycles. The Morgan fingerprint density at radius 2 is 1.61 bits per heavy atom. The molecule has 1 fully saturated rings. The van der Waals surface area contributed by atoms with E-state index < -0.39 is 41.9 Å². The monoisotopic (exact) mass is 432 g/mol. The van der Waals surface area contributed by atoms with Crippen molar-refractivity contribution in [2.45, 2.75) is 45.5 Å². The third kappa shape index (κ3) is 3.98. The number of amides is 2. The number of alkyl halides is 3. The van der Waals surface area contributed by atoms with Crippen LogP contribution in [0.4, 0.5) is 13.2 Å². The summed E-state index contributed by atoms with van der Waals surface area (Å²) < 4.78 is 45.2. The minimum Gasteiger partial charge on any atom is -0.457 e. The molecule has 4 rings (SSSR count). The SMILES string of the molecule is Cc1ccc2c(c1)Oc1cc(C)ccc1C2NC(=O)C1C(=O)NC(C(F)(F)F)CC1C. The number of hydrogen-bond donors (Lipinski definition) is 2. The molecule has 0 bridgehead atoms. The number of benzene rings is 2. The van der Waals surface area contributed by atoms with E-state index in [9.17, 15) is 22.8 Å². The Morgan fingerprint density at radius 3 is 2.10 bits per heavy atom. The van der Waals surface area contributed by atoms with Gasteiger partial charge in [-0.2, -0.15) is 13.2 Å². The number of nitrogens with one attached hydrogen (secondary N) is 2. The fourth-order valence-electron chi connectivity index (χ4n) is 4.29.